The number of para-hydroxylation sites is 1. The second-order valence-corrected chi connectivity index (χ2v) is 7.41. The van der Waals surface area contributed by atoms with Crippen LogP contribution in [0.15, 0.2) is 39.9 Å². The molecule has 2 rings (SSSR count). The van der Waals surface area contributed by atoms with Crippen molar-refractivity contribution in [2.45, 2.75) is 53.2 Å². The number of amides is 1. The van der Waals surface area contributed by atoms with E-state index in [2.05, 4.69) is 4.98 Å². The van der Waals surface area contributed by atoms with Crippen molar-refractivity contribution < 1.29 is 9.53 Å². The van der Waals surface area contributed by atoms with Crippen molar-refractivity contribution in [3.8, 4) is 5.75 Å². The van der Waals surface area contributed by atoms with Crippen molar-refractivity contribution in [3.05, 3.63) is 51.2 Å². The first-order valence-electron chi connectivity index (χ1n) is 9.91. The smallest absolute Gasteiger partial charge is 0.330 e. The topological polar surface area (TPSA) is 110 Å². The summed E-state index contributed by atoms with van der Waals surface area (Å²) >= 11 is 0. The average molecular weight is 402 g/mol. The lowest BCUT2D eigenvalue weighted by Crippen LogP contribution is -2.46. The predicted molar refractivity (Wildman–Crippen MR) is 114 cm³/mol. The molecule has 0 aliphatic carbocycles. The molecule has 0 bridgehead atoms. The summed E-state index contributed by atoms with van der Waals surface area (Å²) in [5.41, 5.74) is 4.94. The Bertz CT molecular complexity index is 934. The van der Waals surface area contributed by atoms with Crippen molar-refractivity contribution in [3.63, 3.8) is 0 Å². The van der Waals surface area contributed by atoms with Crippen LogP contribution in [0.25, 0.3) is 0 Å². The van der Waals surface area contributed by atoms with E-state index in [9.17, 15) is 14.4 Å². The molecule has 0 radical (unpaired) electrons. The molecule has 0 aliphatic heterocycles. The predicted octanol–water partition coefficient (Wildman–Crippen LogP) is 2.38. The van der Waals surface area contributed by atoms with Gasteiger partial charge in [-0.2, -0.15) is 0 Å². The molecule has 0 saturated carbocycles. The normalized spacial score (nSPS) is 12.0. The molecule has 0 fully saturated rings. The molecular formula is C21H30N4O4. The minimum absolute atomic E-state index is 0.00721. The van der Waals surface area contributed by atoms with E-state index in [1.54, 1.807) is 19.1 Å². The van der Waals surface area contributed by atoms with Gasteiger partial charge in [0.15, 0.2) is 11.8 Å². The highest BCUT2D eigenvalue weighted by atomic mass is 16.5. The zero-order valence-corrected chi connectivity index (χ0v) is 17.5. The van der Waals surface area contributed by atoms with Gasteiger partial charge in [-0.3, -0.25) is 19.1 Å². The van der Waals surface area contributed by atoms with Gasteiger partial charge in [0.25, 0.3) is 11.5 Å². The maximum absolute atomic E-state index is 13.2. The Morgan fingerprint density at radius 3 is 2.45 bits per heavy atom. The molecule has 8 heteroatoms. The number of nitrogens with zero attached hydrogens (tertiary/aromatic N) is 2. The monoisotopic (exact) mass is 402 g/mol. The van der Waals surface area contributed by atoms with E-state index in [1.807, 2.05) is 39.0 Å². The number of benzene rings is 1. The summed E-state index contributed by atoms with van der Waals surface area (Å²) in [6.07, 6.45) is 0.658. The first-order valence-corrected chi connectivity index (χ1v) is 9.91. The Morgan fingerprint density at radius 1 is 1.21 bits per heavy atom. The van der Waals surface area contributed by atoms with Gasteiger partial charge in [0.05, 0.1) is 0 Å². The Hall–Kier alpha value is -3.03. The minimum atomic E-state index is -0.835. The number of hydrogen-bond donors (Lipinski definition) is 2. The number of nitrogens with two attached hydrogens (primary N) is 1. The minimum Gasteiger partial charge on any atom is -0.481 e. The van der Waals surface area contributed by atoms with Gasteiger partial charge in [-0.05, 0) is 31.4 Å². The van der Waals surface area contributed by atoms with Gasteiger partial charge in [0.1, 0.15) is 11.6 Å². The van der Waals surface area contributed by atoms with Crippen molar-refractivity contribution in [1.82, 2.24) is 9.55 Å². The summed E-state index contributed by atoms with van der Waals surface area (Å²) in [4.78, 5) is 41.6. The number of carbonyl (C=O) groups excluding carboxylic acids is 1. The molecule has 158 valence electrons. The largest absolute Gasteiger partial charge is 0.481 e. The number of ether oxygens (including phenoxy) is 1. The summed E-state index contributed by atoms with van der Waals surface area (Å²) in [5.74, 6) is 0.280. The van der Waals surface area contributed by atoms with Gasteiger partial charge < -0.3 is 15.4 Å². The molecule has 29 heavy (non-hydrogen) atoms. The highest BCUT2D eigenvalue weighted by Crippen LogP contribution is 2.21. The fourth-order valence-electron chi connectivity index (χ4n) is 3.01. The first kappa shape index (κ1) is 22.3. The number of aromatic amines is 1. The fraction of sp³-hybridized carbons (Fsp3) is 0.476. The van der Waals surface area contributed by atoms with Crippen molar-refractivity contribution in [2.24, 2.45) is 5.92 Å². The van der Waals surface area contributed by atoms with Gasteiger partial charge >= 0.3 is 5.69 Å². The van der Waals surface area contributed by atoms with Crippen LogP contribution in [0.2, 0.25) is 0 Å². The summed E-state index contributed by atoms with van der Waals surface area (Å²) < 4.78 is 7.05. The van der Waals surface area contributed by atoms with E-state index in [0.29, 0.717) is 25.3 Å². The van der Waals surface area contributed by atoms with E-state index in [1.165, 1.54) is 9.47 Å². The van der Waals surface area contributed by atoms with Gasteiger partial charge in [-0.1, -0.05) is 45.4 Å². The van der Waals surface area contributed by atoms with E-state index in [4.69, 9.17) is 10.5 Å². The van der Waals surface area contributed by atoms with Gasteiger partial charge in [-0.15, -0.1) is 0 Å². The van der Waals surface area contributed by atoms with Crippen LogP contribution in [0, 0.1) is 5.92 Å². The standard InChI is InChI=1S/C21H30N4O4/c1-5-6-12-24(20(27)15(4)29-16-10-8-7-9-11-16)17-18(22)25(13-14(2)3)21(28)23-19(17)26/h7-11,14-15H,5-6,12-13,22H2,1-4H3,(H,23,26,28). The highest BCUT2D eigenvalue weighted by Gasteiger charge is 2.28. The number of hydrogen-bond acceptors (Lipinski definition) is 5. The first-order chi connectivity index (χ1) is 13.8. The lowest BCUT2D eigenvalue weighted by atomic mass is 10.2. The molecular weight excluding hydrogens is 372 g/mol. The Labute approximate surface area is 170 Å². The maximum atomic E-state index is 13.2. The quantitative estimate of drug-likeness (QED) is 0.669. The molecule has 2 aromatic rings. The van der Waals surface area contributed by atoms with Gasteiger partial charge in [0, 0.05) is 13.1 Å². The molecule has 0 saturated heterocycles. The molecule has 1 unspecified atom stereocenters. The van der Waals surface area contributed by atoms with Crippen LogP contribution in [0.5, 0.6) is 5.75 Å². The summed E-state index contributed by atoms with van der Waals surface area (Å²) in [7, 11) is 0. The number of nitrogen functional groups attached to an aromatic ring is 1. The number of unbranched alkanes of at least 4 members (excludes halogenated alkanes) is 1. The lowest BCUT2D eigenvalue weighted by Gasteiger charge is -2.27. The molecule has 1 amide bonds. The lowest BCUT2D eigenvalue weighted by molar-refractivity contribution is -0.124. The summed E-state index contributed by atoms with van der Waals surface area (Å²) in [6, 6.07) is 8.98. The molecule has 1 aromatic heterocycles. The zero-order valence-electron chi connectivity index (χ0n) is 17.5. The van der Waals surface area contributed by atoms with Crippen LogP contribution in [0.1, 0.15) is 40.5 Å². The second kappa shape index (κ2) is 9.95. The molecule has 0 spiro atoms. The SMILES string of the molecule is CCCCN(C(=O)C(C)Oc1ccccc1)c1c(N)n(CC(C)C)c(=O)[nH]c1=O. The molecule has 1 atom stereocenters. The number of nitrogens with one attached hydrogen (secondary N) is 1. The van der Waals surface area contributed by atoms with Gasteiger partial charge in [0.2, 0.25) is 0 Å². The van der Waals surface area contributed by atoms with Gasteiger partial charge in [-0.25, -0.2) is 4.79 Å². The van der Waals surface area contributed by atoms with Crippen LogP contribution in [0.3, 0.4) is 0 Å². The van der Waals surface area contributed by atoms with Crippen LogP contribution in [-0.4, -0.2) is 28.1 Å². The Kier molecular flexibility index (Phi) is 7.64. The van der Waals surface area contributed by atoms with Crippen LogP contribution >= 0.6 is 0 Å². The second-order valence-electron chi connectivity index (χ2n) is 7.41. The summed E-state index contributed by atoms with van der Waals surface area (Å²) in [6.45, 7) is 8.12. The Balaban J connectivity index is 2.45. The molecule has 8 nitrogen and oxygen atoms in total. The van der Waals surface area contributed by atoms with E-state index in [-0.39, 0.29) is 17.4 Å². The number of rotatable bonds is 9. The molecule has 3 N–H and O–H groups in total. The third-order valence-corrected chi connectivity index (χ3v) is 4.44. The van der Waals surface area contributed by atoms with E-state index in [0.717, 1.165) is 6.42 Å². The number of H-pyrrole nitrogens is 1. The van der Waals surface area contributed by atoms with Crippen LogP contribution in [0.4, 0.5) is 11.5 Å². The third kappa shape index (κ3) is 5.49. The van der Waals surface area contributed by atoms with Crippen LogP contribution < -0.4 is 26.6 Å². The average Bonchev–Trinajstić information content (AvgIpc) is 2.67. The fourth-order valence-corrected chi connectivity index (χ4v) is 3.01. The molecule has 1 heterocycles. The summed E-state index contributed by atoms with van der Waals surface area (Å²) in [5, 5.41) is 0. The number of anilines is 2. The van der Waals surface area contributed by atoms with Crippen molar-refractivity contribution >= 4 is 17.4 Å². The van der Waals surface area contributed by atoms with Crippen molar-refractivity contribution in [1.29, 1.82) is 0 Å². The molecule has 0 aliphatic rings. The zero-order chi connectivity index (χ0) is 21.6. The van der Waals surface area contributed by atoms with E-state index >= 15 is 0 Å². The Morgan fingerprint density at radius 2 is 1.86 bits per heavy atom. The molecule has 1 aromatic carbocycles. The highest BCUT2D eigenvalue weighted by molar-refractivity contribution is 5.98. The van der Waals surface area contributed by atoms with Crippen molar-refractivity contribution in [2.75, 3.05) is 17.2 Å². The van der Waals surface area contributed by atoms with Crippen LogP contribution in [-0.2, 0) is 11.3 Å². The maximum Gasteiger partial charge on any atom is 0.330 e. The van der Waals surface area contributed by atoms with E-state index < -0.39 is 23.3 Å². The number of carbonyl (C=O) groups is 1. The number of aromatic nitrogens is 2. The third-order valence-electron chi connectivity index (χ3n) is 4.44.